The normalized spacial score (nSPS) is 21.3. The van der Waals surface area contributed by atoms with Gasteiger partial charge in [0.05, 0.1) is 17.5 Å². The lowest BCUT2D eigenvalue weighted by molar-refractivity contribution is -0.0742. The molecule has 0 aromatic heterocycles. The number of alkyl halides is 1. The number of allylic oxidation sites excluding steroid dienone is 3. The predicted octanol–water partition coefficient (Wildman–Crippen LogP) is 6.26. The summed E-state index contributed by atoms with van der Waals surface area (Å²) in [6.45, 7) is 9.79. The van der Waals surface area contributed by atoms with Gasteiger partial charge in [0.25, 0.3) is 0 Å². The van der Waals surface area contributed by atoms with Gasteiger partial charge in [0, 0.05) is 24.7 Å². The lowest BCUT2D eigenvalue weighted by Gasteiger charge is -2.45. The van der Waals surface area contributed by atoms with Crippen LogP contribution in [0, 0.1) is 22.6 Å². The number of hydrogen-bond donors (Lipinski definition) is 0. The first kappa shape index (κ1) is 23.9. The molecule has 0 aliphatic carbocycles. The van der Waals surface area contributed by atoms with Crippen molar-refractivity contribution in [2.24, 2.45) is 5.41 Å². The van der Waals surface area contributed by atoms with Gasteiger partial charge in [-0.3, -0.25) is 0 Å². The van der Waals surface area contributed by atoms with Gasteiger partial charge in [-0.2, -0.15) is 5.26 Å². The Kier molecular flexibility index (Phi) is 8.03. The van der Waals surface area contributed by atoms with Gasteiger partial charge < -0.3 is 9.64 Å². The highest BCUT2D eigenvalue weighted by molar-refractivity contribution is 9.09. The maximum Gasteiger partial charge on any atom is 0.411 e. The molecule has 1 aromatic rings. The Balaban J connectivity index is 2.36. The Hall–Kier alpha value is -2.39. The molecule has 1 heterocycles. The molecule has 1 aromatic carbocycles. The number of amides is 1. The highest BCUT2D eigenvalue weighted by Crippen LogP contribution is 2.43. The summed E-state index contributed by atoms with van der Waals surface area (Å²) in [5.41, 5.74) is -0.0506. The third kappa shape index (κ3) is 5.60. The number of rotatable bonds is 8. The molecular formula is C24H28BrFN2O2. The van der Waals surface area contributed by atoms with E-state index in [2.05, 4.69) is 28.6 Å². The van der Waals surface area contributed by atoms with Gasteiger partial charge in [0.2, 0.25) is 0 Å². The number of ether oxygens (including phenoxy) is 1. The third-order valence-electron chi connectivity index (χ3n) is 5.33. The van der Waals surface area contributed by atoms with E-state index in [1.165, 1.54) is 12.1 Å². The summed E-state index contributed by atoms with van der Waals surface area (Å²) < 4.78 is 19.5. The highest BCUT2D eigenvalue weighted by Gasteiger charge is 2.46. The lowest BCUT2D eigenvalue weighted by Crippen LogP contribution is -2.52. The molecule has 1 aliphatic rings. The molecule has 2 atom stereocenters. The van der Waals surface area contributed by atoms with E-state index >= 15 is 0 Å². The maximum atomic E-state index is 13.5. The minimum atomic E-state index is -0.978. The average molecular weight is 475 g/mol. The Morgan fingerprint density at radius 2 is 2.13 bits per heavy atom. The molecule has 1 amide bonds. The monoisotopic (exact) mass is 474 g/mol. The SMILES string of the molecule is C=C/C=C(\C=C/CBr)[C@H](C)N1CC[C@](CC(C)(C)C#N)(c2ccc(F)cc2)OC1=O. The molecule has 2 rings (SSSR count). The number of nitriles is 1. The fraction of sp³-hybridized carbons (Fsp3) is 0.417. The summed E-state index contributed by atoms with van der Waals surface area (Å²) in [4.78, 5) is 14.8. The van der Waals surface area contributed by atoms with E-state index in [1.807, 2.05) is 39.0 Å². The van der Waals surface area contributed by atoms with Gasteiger partial charge in [0.15, 0.2) is 0 Å². The van der Waals surface area contributed by atoms with Crippen molar-refractivity contribution in [3.8, 4) is 6.07 Å². The number of cyclic esters (lactones) is 1. The fourth-order valence-corrected chi connectivity index (χ4v) is 3.98. The van der Waals surface area contributed by atoms with E-state index in [-0.39, 0.29) is 11.9 Å². The van der Waals surface area contributed by atoms with E-state index < -0.39 is 17.1 Å². The van der Waals surface area contributed by atoms with Crippen molar-refractivity contribution < 1.29 is 13.9 Å². The molecule has 0 radical (unpaired) electrons. The minimum Gasteiger partial charge on any atom is -0.438 e. The van der Waals surface area contributed by atoms with E-state index in [1.54, 1.807) is 23.1 Å². The standard InChI is InChI=1S/C24H28BrFN2O2/c1-5-7-19(8-6-14-25)18(2)28-15-13-24(30-22(28)29,16-23(3,4)17-27)20-9-11-21(26)12-10-20/h5-12,18H,1,13-16H2,2-4H3/b8-6-,19-7+/t18-,24-/m0/s1. The summed E-state index contributed by atoms with van der Waals surface area (Å²) in [6.07, 6.45) is 7.86. The molecule has 0 spiro atoms. The van der Waals surface area contributed by atoms with Crippen molar-refractivity contribution in [1.82, 2.24) is 4.90 Å². The Labute approximate surface area is 186 Å². The van der Waals surface area contributed by atoms with Crippen molar-refractivity contribution in [2.75, 3.05) is 11.9 Å². The number of carbonyl (C=O) groups is 1. The molecule has 0 saturated carbocycles. The first-order valence-corrected chi connectivity index (χ1v) is 11.0. The first-order chi connectivity index (χ1) is 14.2. The quantitative estimate of drug-likeness (QED) is 0.330. The number of hydrogen-bond acceptors (Lipinski definition) is 3. The summed E-state index contributed by atoms with van der Waals surface area (Å²) in [7, 11) is 0. The van der Waals surface area contributed by atoms with E-state index in [4.69, 9.17) is 4.74 Å². The van der Waals surface area contributed by atoms with Crippen molar-refractivity contribution in [3.63, 3.8) is 0 Å². The number of nitrogens with zero attached hydrogens (tertiary/aromatic N) is 2. The van der Waals surface area contributed by atoms with Gasteiger partial charge in [-0.05, 0) is 44.0 Å². The summed E-state index contributed by atoms with van der Waals surface area (Å²) >= 11 is 3.37. The van der Waals surface area contributed by atoms with Crippen LogP contribution in [0.2, 0.25) is 0 Å². The van der Waals surface area contributed by atoms with Crippen molar-refractivity contribution >= 4 is 22.0 Å². The number of benzene rings is 1. The van der Waals surface area contributed by atoms with Gasteiger partial charge in [-0.25, -0.2) is 9.18 Å². The van der Waals surface area contributed by atoms with Gasteiger partial charge in [0.1, 0.15) is 11.4 Å². The summed E-state index contributed by atoms with van der Waals surface area (Å²) in [6, 6.07) is 8.07. The Morgan fingerprint density at radius 3 is 2.67 bits per heavy atom. The summed E-state index contributed by atoms with van der Waals surface area (Å²) in [5.74, 6) is -0.358. The van der Waals surface area contributed by atoms with Crippen LogP contribution in [0.15, 0.2) is 60.7 Å². The Morgan fingerprint density at radius 1 is 1.47 bits per heavy atom. The van der Waals surface area contributed by atoms with Gasteiger partial charge in [-0.1, -0.05) is 58.9 Å². The molecule has 1 saturated heterocycles. The zero-order valence-electron chi connectivity index (χ0n) is 17.7. The molecule has 0 unspecified atom stereocenters. The van der Waals surface area contributed by atoms with E-state index in [0.29, 0.717) is 30.3 Å². The van der Waals surface area contributed by atoms with E-state index in [9.17, 15) is 14.4 Å². The average Bonchev–Trinajstić information content (AvgIpc) is 2.71. The van der Waals surface area contributed by atoms with Crippen LogP contribution in [0.1, 0.15) is 39.2 Å². The third-order valence-corrected chi connectivity index (χ3v) is 5.71. The predicted molar refractivity (Wildman–Crippen MR) is 121 cm³/mol. The van der Waals surface area contributed by atoms with Crippen LogP contribution < -0.4 is 0 Å². The number of halogens is 2. The number of carbonyl (C=O) groups excluding carboxylic acids is 1. The maximum absolute atomic E-state index is 13.5. The fourth-order valence-electron chi connectivity index (χ4n) is 3.79. The molecule has 1 fully saturated rings. The highest BCUT2D eigenvalue weighted by atomic mass is 79.9. The molecule has 4 nitrogen and oxygen atoms in total. The van der Waals surface area contributed by atoms with E-state index in [0.717, 1.165) is 5.57 Å². The lowest BCUT2D eigenvalue weighted by atomic mass is 9.75. The van der Waals surface area contributed by atoms with Crippen LogP contribution in [-0.2, 0) is 10.3 Å². The smallest absolute Gasteiger partial charge is 0.411 e. The molecule has 160 valence electrons. The van der Waals surface area contributed by atoms with Crippen molar-refractivity contribution in [3.05, 3.63) is 72.1 Å². The van der Waals surface area contributed by atoms with Crippen LogP contribution in [0.4, 0.5) is 9.18 Å². The molecule has 0 bridgehead atoms. The second kappa shape index (κ2) is 10.1. The second-order valence-electron chi connectivity index (χ2n) is 8.12. The Bertz CT molecular complexity index is 870. The van der Waals surface area contributed by atoms with Crippen LogP contribution in [0.5, 0.6) is 0 Å². The van der Waals surface area contributed by atoms with Gasteiger partial charge >= 0.3 is 6.09 Å². The zero-order chi connectivity index (χ0) is 22.4. The molecule has 0 N–H and O–H groups in total. The molecular weight excluding hydrogens is 447 g/mol. The van der Waals surface area contributed by atoms with Crippen LogP contribution in [0.25, 0.3) is 0 Å². The van der Waals surface area contributed by atoms with Crippen molar-refractivity contribution in [2.45, 2.75) is 45.3 Å². The topological polar surface area (TPSA) is 53.3 Å². The van der Waals surface area contributed by atoms with Crippen LogP contribution in [0.3, 0.4) is 0 Å². The minimum absolute atomic E-state index is 0.207. The van der Waals surface area contributed by atoms with Crippen molar-refractivity contribution in [1.29, 1.82) is 5.26 Å². The second-order valence-corrected chi connectivity index (χ2v) is 8.77. The van der Waals surface area contributed by atoms with Crippen LogP contribution >= 0.6 is 15.9 Å². The largest absolute Gasteiger partial charge is 0.438 e. The summed E-state index contributed by atoms with van der Waals surface area (Å²) in [5, 5.41) is 10.3. The molecule has 30 heavy (non-hydrogen) atoms. The molecule has 1 aliphatic heterocycles. The zero-order valence-corrected chi connectivity index (χ0v) is 19.3. The van der Waals surface area contributed by atoms with Gasteiger partial charge in [-0.15, -0.1) is 0 Å². The van der Waals surface area contributed by atoms with Crippen LogP contribution in [-0.4, -0.2) is 28.9 Å². The first-order valence-electron chi connectivity index (χ1n) is 9.90. The molecule has 6 heteroatoms.